The van der Waals surface area contributed by atoms with Gasteiger partial charge in [0.2, 0.25) is 0 Å². The van der Waals surface area contributed by atoms with Crippen molar-refractivity contribution in [1.29, 1.82) is 0 Å². The van der Waals surface area contributed by atoms with Crippen molar-refractivity contribution >= 4 is 11.0 Å². The highest BCUT2D eigenvalue weighted by molar-refractivity contribution is 5.75. The van der Waals surface area contributed by atoms with Gasteiger partial charge in [0.05, 0.1) is 18.1 Å². The van der Waals surface area contributed by atoms with Crippen LogP contribution in [0, 0.1) is 0 Å². The van der Waals surface area contributed by atoms with Crippen LogP contribution in [-0.2, 0) is 5.41 Å². The van der Waals surface area contributed by atoms with E-state index in [4.69, 9.17) is 4.74 Å². The highest BCUT2D eigenvalue weighted by Crippen LogP contribution is 2.21. The van der Waals surface area contributed by atoms with Crippen LogP contribution in [0.3, 0.4) is 0 Å². The molecule has 0 fully saturated rings. The summed E-state index contributed by atoms with van der Waals surface area (Å²) in [4.78, 5) is 19.2. The lowest BCUT2D eigenvalue weighted by molar-refractivity contribution is 0.415. The Morgan fingerprint density at radius 2 is 2.00 bits per heavy atom. The first-order chi connectivity index (χ1) is 7.91. The Hall–Kier alpha value is -1.84. The Kier molecular flexibility index (Phi) is 2.65. The second-order valence-electron chi connectivity index (χ2n) is 5.05. The first-order valence-electron chi connectivity index (χ1n) is 5.50. The smallest absolute Gasteiger partial charge is 0.270 e. The zero-order chi connectivity index (χ0) is 12.6. The van der Waals surface area contributed by atoms with Crippen molar-refractivity contribution in [2.45, 2.75) is 26.2 Å². The molecule has 0 aliphatic heterocycles. The normalized spacial score (nSPS) is 11.8. The molecule has 0 bridgehead atoms. The third-order valence-corrected chi connectivity index (χ3v) is 2.61. The molecule has 0 unspecified atom stereocenters. The second kappa shape index (κ2) is 3.87. The molecule has 1 N–H and O–H groups in total. The summed E-state index contributed by atoms with van der Waals surface area (Å²) >= 11 is 0. The zero-order valence-corrected chi connectivity index (χ0v) is 10.5. The van der Waals surface area contributed by atoms with Crippen LogP contribution in [0.5, 0.6) is 5.75 Å². The molecule has 2 rings (SSSR count). The quantitative estimate of drug-likeness (QED) is 0.820. The van der Waals surface area contributed by atoms with Gasteiger partial charge >= 0.3 is 0 Å². The average Bonchev–Trinajstić information content (AvgIpc) is 2.26. The minimum Gasteiger partial charge on any atom is -0.497 e. The number of aromatic amines is 1. The minimum atomic E-state index is -0.273. The summed E-state index contributed by atoms with van der Waals surface area (Å²) in [6.45, 7) is 5.91. The molecule has 0 amide bonds. The fourth-order valence-corrected chi connectivity index (χ4v) is 1.70. The number of hydrogen-bond acceptors (Lipinski definition) is 3. The maximum atomic E-state index is 11.9. The molecular weight excluding hydrogens is 216 g/mol. The van der Waals surface area contributed by atoms with Crippen molar-refractivity contribution in [3.05, 3.63) is 34.2 Å². The van der Waals surface area contributed by atoms with E-state index in [9.17, 15) is 4.79 Å². The van der Waals surface area contributed by atoms with Crippen molar-refractivity contribution in [1.82, 2.24) is 9.97 Å². The number of hydrogen-bond donors (Lipinski definition) is 1. The van der Waals surface area contributed by atoms with Crippen LogP contribution in [0.25, 0.3) is 11.0 Å². The molecule has 0 aliphatic carbocycles. The van der Waals surface area contributed by atoms with E-state index < -0.39 is 0 Å². The van der Waals surface area contributed by atoms with Crippen LogP contribution >= 0.6 is 0 Å². The largest absolute Gasteiger partial charge is 0.497 e. The summed E-state index contributed by atoms with van der Waals surface area (Å²) in [5, 5.41) is 0. The third kappa shape index (κ3) is 2.16. The lowest BCUT2D eigenvalue weighted by atomic mass is 9.92. The first-order valence-corrected chi connectivity index (χ1v) is 5.50. The van der Waals surface area contributed by atoms with Crippen LogP contribution in [0.15, 0.2) is 23.0 Å². The van der Waals surface area contributed by atoms with Gasteiger partial charge < -0.3 is 9.72 Å². The minimum absolute atomic E-state index is 0.129. The molecule has 90 valence electrons. The van der Waals surface area contributed by atoms with E-state index in [1.165, 1.54) is 0 Å². The molecule has 0 saturated heterocycles. The molecule has 0 spiro atoms. The highest BCUT2D eigenvalue weighted by Gasteiger charge is 2.20. The van der Waals surface area contributed by atoms with E-state index >= 15 is 0 Å². The standard InChI is InChI=1S/C13H16N2O2/c1-13(2,3)11-12(16)15-9-6-5-8(17-4)7-10(9)14-11/h5-7H,1-4H3,(H,15,16). The Bertz CT molecular complexity index is 609. The topological polar surface area (TPSA) is 55.0 Å². The number of benzene rings is 1. The molecule has 0 radical (unpaired) electrons. The summed E-state index contributed by atoms with van der Waals surface area (Å²) in [6.07, 6.45) is 0. The van der Waals surface area contributed by atoms with E-state index in [0.29, 0.717) is 5.69 Å². The van der Waals surface area contributed by atoms with Gasteiger partial charge in [-0.15, -0.1) is 0 Å². The molecule has 0 aliphatic rings. The number of fused-ring (bicyclic) bond motifs is 1. The molecule has 4 heteroatoms. The van der Waals surface area contributed by atoms with Crippen molar-refractivity contribution in [2.24, 2.45) is 0 Å². The zero-order valence-electron chi connectivity index (χ0n) is 10.5. The van der Waals surface area contributed by atoms with Crippen molar-refractivity contribution < 1.29 is 4.74 Å². The summed E-state index contributed by atoms with van der Waals surface area (Å²) in [5.41, 5.74) is 1.61. The van der Waals surface area contributed by atoms with Crippen LogP contribution in [-0.4, -0.2) is 17.1 Å². The molecular formula is C13H16N2O2. The molecule has 0 atom stereocenters. The molecule has 2 aromatic rings. The summed E-state index contributed by atoms with van der Waals surface area (Å²) in [6, 6.07) is 5.42. The number of H-pyrrole nitrogens is 1. The molecule has 17 heavy (non-hydrogen) atoms. The van der Waals surface area contributed by atoms with Gasteiger partial charge in [-0.25, -0.2) is 4.98 Å². The Morgan fingerprint density at radius 3 is 2.59 bits per heavy atom. The van der Waals surface area contributed by atoms with Crippen molar-refractivity contribution in [2.75, 3.05) is 7.11 Å². The fourth-order valence-electron chi connectivity index (χ4n) is 1.70. The Morgan fingerprint density at radius 1 is 1.29 bits per heavy atom. The van der Waals surface area contributed by atoms with Crippen LogP contribution in [0.1, 0.15) is 26.5 Å². The summed E-state index contributed by atoms with van der Waals surface area (Å²) in [5.74, 6) is 0.733. The summed E-state index contributed by atoms with van der Waals surface area (Å²) in [7, 11) is 1.61. The van der Waals surface area contributed by atoms with Gasteiger partial charge in [-0.2, -0.15) is 0 Å². The van der Waals surface area contributed by atoms with E-state index in [1.54, 1.807) is 19.2 Å². The monoisotopic (exact) mass is 232 g/mol. The van der Waals surface area contributed by atoms with Crippen molar-refractivity contribution in [3.63, 3.8) is 0 Å². The number of rotatable bonds is 1. The molecule has 1 heterocycles. The maximum absolute atomic E-state index is 11.9. The molecule has 1 aromatic heterocycles. The van der Waals surface area contributed by atoms with E-state index in [-0.39, 0.29) is 11.0 Å². The van der Waals surface area contributed by atoms with Crippen LogP contribution in [0.4, 0.5) is 0 Å². The first kappa shape index (κ1) is 11.6. The van der Waals surface area contributed by atoms with Gasteiger partial charge in [0.25, 0.3) is 5.56 Å². The SMILES string of the molecule is COc1ccc2[nH]c(=O)c(C(C)(C)C)nc2c1. The second-order valence-corrected chi connectivity index (χ2v) is 5.05. The highest BCUT2D eigenvalue weighted by atomic mass is 16.5. The maximum Gasteiger partial charge on any atom is 0.270 e. The molecule has 4 nitrogen and oxygen atoms in total. The van der Waals surface area contributed by atoms with Gasteiger partial charge in [0.15, 0.2) is 0 Å². The van der Waals surface area contributed by atoms with Gasteiger partial charge in [-0.1, -0.05) is 20.8 Å². The average molecular weight is 232 g/mol. The third-order valence-electron chi connectivity index (χ3n) is 2.61. The van der Waals surface area contributed by atoms with Crippen LogP contribution in [0.2, 0.25) is 0 Å². The number of aromatic nitrogens is 2. The van der Waals surface area contributed by atoms with Crippen LogP contribution < -0.4 is 10.3 Å². The Balaban J connectivity index is 2.73. The van der Waals surface area contributed by atoms with E-state index in [0.717, 1.165) is 16.8 Å². The van der Waals surface area contributed by atoms with Gasteiger partial charge in [0, 0.05) is 11.5 Å². The number of ether oxygens (including phenoxy) is 1. The van der Waals surface area contributed by atoms with E-state index in [2.05, 4.69) is 9.97 Å². The van der Waals surface area contributed by atoms with Gasteiger partial charge in [0.1, 0.15) is 11.4 Å². The number of methoxy groups -OCH3 is 1. The lowest BCUT2D eigenvalue weighted by Crippen LogP contribution is -2.26. The van der Waals surface area contributed by atoms with Gasteiger partial charge in [-0.3, -0.25) is 4.79 Å². The lowest BCUT2D eigenvalue weighted by Gasteiger charge is -2.16. The predicted octanol–water partition coefficient (Wildman–Crippen LogP) is 2.23. The van der Waals surface area contributed by atoms with Gasteiger partial charge in [-0.05, 0) is 12.1 Å². The molecule has 1 aromatic carbocycles. The van der Waals surface area contributed by atoms with Crippen molar-refractivity contribution in [3.8, 4) is 5.75 Å². The Labute approximate surface area is 99.7 Å². The predicted molar refractivity (Wildman–Crippen MR) is 67.6 cm³/mol. The number of nitrogens with zero attached hydrogens (tertiary/aromatic N) is 1. The molecule has 0 saturated carbocycles. The number of nitrogens with one attached hydrogen (secondary N) is 1. The summed E-state index contributed by atoms with van der Waals surface area (Å²) < 4.78 is 5.15. The van der Waals surface area contributed by atoms with E-state index in [1.807, 2.05) is 26.8 Å². The fraction of sp³-hybridized carbons (Fsp3) is 0.385.